The normalized spacial score (nSPS) is 12.8. The van der Waals surface area contributed by atoms with Gasteiger partial charge in [-0.15, -0.1) is 0 Å². The van der Waals surface area contributed by atoms with E-state index >= 15 is 0 Å². The van der Waals surface area contributed by atoms with Gasteiger partial charge in [0.05, 0.1) is 17.7 Å². The first-order valence-electron chi connectivity index (χ1n) is 4.97. The number of ether oxygens (including phenoxy) is 1. The summed E-state index contributed by atoms with van der Waals surface area (Å²) in [5.74, 6) is -0.404. The Morgan fingerprint density at radius 2 is 2.25 bits per heavy atom. The third-order valence-corrected chi connectivity index (χ3v) is 3.48. The molecule has 16 heavy (non-hydrogen) atoms. The van der Waals surface area contributed by atoms with Gasteiger partial charge in [0, 0.05) is 17.1 Å². The second-order valence-electron chi connectivity index (χ2n) is 3.33. The van der Waals surface area contributed by atoms with Crippen molar-refractivity contribution in [3.8, 4) is 0 Å². The van der Waals surface area contributed by atoms with Gasteiger partial charge in [0.15, 0.2) is 0 Å². The molecule has 0 fully saturated rings. The Kier molecular flexibility index (Phi) is 5.69. The highest BCUT2D eigenvalue weighted by Crippen LogP contribution is 2.30. The summed E-state index contributed by atoms with van der Waals surface area (Å²) in [6.45, 7) is 3.10. The van der Waals surface area contributed by atoms with Gasteiger partial charge in [-0.25, -0.2) is 4.39 Å². The van der Waals surface area contributed by atoms with Crippen LogP contribution in [0.15, 0.2) is 16.6 Å². The number of rotatable bonds is 5. The molecule has 0 saturated heterocycles. The molecule has 0 spiro atoms. The largest absolute Gasteiger partial charge is 0.383 e. The average Bonchev–Trinajstić information content (AvgIpc) is 2.26. The summed E-state index contributed by atoms with van der Waals surface area (Å²) in [5.41, 5.74) is 0.525. The van der Waals surface area contributed by atoms with Crippen LogP contribution in [0.4, 0.5) is 4.39 Å². The van der Waals surface area contributed by atoms with Gasteiger partial charge >= 0.3 is 0 Å². The molecular weight excluding hydrogens is 296 g/mol. The fourth-order valence-electron chi connectivity index (χ4n) is 1.48. The highest BCUT2D eigenvalue weighted by Gasteiger charge is 2.18. The molecule has 0 amide bonds. The maximum Gasteiger partial charge on any atom is 0.147 e. The molecule has 1 N–H and O–H groups in total. The van der Waals surface area contributed by atoms with Gasteiger partial charge in [-0.3, -0.25) is 0 Å². The average molecular weight is 311 g/mol. The predicted octanol–water partition coefficient (Wildman–Crippen LogP) is 3.54. The summed E-state index contributed by atoms with van der Waals surface area (Å²) in [6, 6.07) is 3.26. The van der Waals surface area contributed by atoms with Crippen molar-refractivity contribution >= 4 is 27.5 Å². The van der Waals surface area contributed by atoms with Gasteiger partial charge < -0.3 is 10.1 Å². The molecular formula is C11H14BrClFNO. The number of hydrogen-bond acceptors (Lipinski definition) is 2. The van der Waals surface area contributed by atoms with Crippen LogP contribution in [0.2, 0.25) is 5.02 Å². The number of halogens is 3. The lowest BCUT2D eigenvalue weighted by atomic mass is 10.1. The van der Waals surface area contributed by atoms with Crippen molar-refractivity contribution in [2.45, 2.75) is 13.0 Å². The number of nitrogens with one attached hydrogen (secondary N) is 1. The van der Waals surface area contributed by atoms with Gasteiger partial charge in [-0.05, 0) is 28.5 Å². The molecule has 1 atom stereocenters. The van der Waals surface area contributed by atoms with Crippen LogP contribution in [0.3, 0.4) is 0 Å². The molecule has 0 bridgehead atoms. The topological polar surface area (TPSA) is 21.3 Å². The molecule has 0 aliphatic carbocycles. The van der Waals surface area contributed by atoms with E-state index in [1.807, 2.05) is 6.92 Å². The lowest BCUT2D eigenvalue weighted by Gasteiger charge is -2.18. The zero-order valence-electron chi connectivity index (χ0n) is 9.19. The molecule has 0 radical (unpaired) electrons. The molecule has 0 heterocycles. The molecule has 1 aromatic carbocycles. The van der Waals surface area contributed by atoms with Crippen molar-refractivity contribution in [2.24, 2.45) is 0 Å². The van der Waals surface area contributed by atoms with Gasteiger partial charge in [0.1, 0.15) is 5.82 Å². The minimum atomic E-state index is -0.404. The Balaban J connectivity index is 3.04. The van der Waals surface area contributed by atoms with Gasteiger partial charge in [-0.1, -0.05) is 24.6 Å². The number of hydrogen-bond donors (Lipinski definition) is 1. The number of likely N-dealkylation sites (N-methyl/N-ethyl adjacent to an activating group) is 1. The minimum Gasteiger partial charge on any atom is -0.383 e. The van der Waals surface area contributed by atoms with E-state index < -0.39 is 5.82 Å². The maximum atomic E-state index is 13.9. The van der Waals surface area contributed by atoms with Crippen LogP contribution in [-0.4, -0.2) is 20.3 Å². The lowest BCUT2D eigenvalue weighted by molar-refractivity contribution is 0.166. The molecule has 2 nitrogen and oxygen atoms in total. The summed E-state index contributed by atoms with van der Waals surface area (Å²) in [7, 11) is 1.59. The standard InChI is InChI=1S/C11H14BrClFNO/c1-3-15-9(6-16-2)7-4-5-8(12)10(13)11(7)14/h4-5,9,15H,3,6H2,1-2H3. The van der Waals surface area contributed by atoms with Crippen molar-refractivity contribution in [3.63, 3.8) is 0 Å². The van der Waals surface area contributed by atoms with Crippen LogP contribution in [0.5, 0.6) is 0 Å². The maximum absolute atomic E-state index is 13.9. The van der Waals surface area contributed by atoms with E-state index in [2.05, 4.69) is 21.2 Å². The molecule has 1 unspecified atom stereocenters. The third-order valence-electron chi connectivity index (χ3n) is 2.22. The van der Waals surface area contributed by atoms with Gasteiger partial charge in [0.25, 0.3) is 0 Å². The summed E-state index contributed by atoms with van der Waals surface area (Å²) < 4.78 is 19.5. The van der Waals surface area contributed by atoms with E-state index in [0.29, 0.717) is 16.6 Å². The van der Waals surface area contributed by atoms with Crippen molar-refractivity contribution in [1.29, 1.82) is 0 Å². The van der Waals surface area contributed by atoms with E-state index in [1.165, 1.54) is 0 Å². The second-order valence-corrected chi connectivity index (χ2v) is 4.56. The van der Waals surface area contributed by atoms with E-state index in [0.717, 1.165) is 6.54 Å². The summed E-state index contributed by atoms with van der Waals surface area (Å²) >= 11 is 9.02. The van der Waals surface area contributed by atoms with Crippen LogP contribution in [-0.2, 0) is 4.74 Å². The molecule has 90 valence electrons. The molecule has 0 aromatic heterocycles. The summed E-state index contributed by atoms with van der Waals surface area (Å²) in [4.78, 5) is 0. The Morgan fingerprint density at radius 3 is 2.81 bits per heavy atom. The molecule has 0 aliphatic rings. The van der Waals surface area contributed by atoms with Crippen molar-refractivity contribution < 1.29 is 9.13 Å². The van der Waals surface area contributed by atoms with Gasteiger partial charge in [-0.2, -0.15) is 0 Å². The molecule has 0 saturated carbocycles. The summed E-state index contributed by atoms with van der Waals surface area (Å²) in [5, 5.41) is 3.26. The number of benzene rings is 1. The van der Waals surface area contributed by atoms with Crippen LogP contribution in [0, 0.1) is 5.82 Å². The minimum absolute atomic E-state index is 0.108. The smallest absolute Gasteiger partial charge is 0.147 e. The predicted molar refractivity (Wildman–Crippen MR) is 67.4 cm³/mol. The van der Waals surface area contributed by atoms with Crippen LogP contribution < -0.4 is 5.32 Å². The van der Waals surface area contributed by atoms with Crippen molar-refractivity contribution in [1.82, 2.24) is 5.32 Å². The SMILES string of the molecule is CCNC(COC)c1ccc(Br)c(Cl)c1F. The van der Waals surface area contributed by atoms with Crippen LogP contribution in [0.1, 0.15) is 18.5 Å². The lowest BCUT2D eigenvalue weighted by Crippen LogP contribution is -2.25. The monoisotopic (exact) mass is 309 g/mol. The highest BCUT2D eigenvalue weighted by molar-refractivity contribution is 9.10. The van der Waals surface area contributed by atoms with E-state index in [4.69, 9.17) is 16.3 Å². The van der Waals surface area contributed by atoms with Crippen LogP contribution in [0.25, 0.3) is 0 Å². The zero-order chi connectivity index (χ0) is 12.1. The Labute approximate surface area is 108 Å². The second kappa shape index (κ2) is 6.55. The molecule has 5 heteroatoms. The quantitative estimate of drug-likeness (QED) is 0.840. The first kappa shape index (κ1) is 13.9. The van der Waals surface area contributed by atoms with E-state index in [1.54, 1.807) is 19.2 Å². The number of methoxy groups -OCH3 is 1. The first-order valence-corrected chi connectivity index (χ1v) is 6.14. The van der Waals surface area contributed by atoms with E-state index in [-0.39, 0.29) is 11.1 Å². The zero-order valence-corrected chi connectivity index (χ0v) is 11.5. The molecule has 1 aromatic rings. The highest BCUT2D eigenvalue weighted by atomic mass is 79.9. The van der Waals surface area contributed by atoms with E-state index in [9.17, 15) is 4.39 Å². The van der Waals surface area contributed by atoms with Crippen LogP contribution >= 0.6 is 27.5 Å². The molecule has 1 rings (SSSR count). The third kappa shape index (κ3) is 3.17. The Bertz CT molecular complexity index is 356. The Morgan fingerprint density at radius 1 is 1.56 bits per heavy atom. The van der Waals surface area contributed by atoms with Crippen molar-refractivity contribution in [3.05, 3.63) is 33.0 Å². The fraction of sp³-hybridized carbons (Fsp3) is 0.455. The first-order chi connectivity index (χ1) is 7.61. The Hall–Kier alpha value is -0.160. The fourth-order valence-corrected chi connectivity index (χ4v) is 1.96. The van der Waals surface area contributed by atoms with Gasteiger partial charge in [0.2, 0.25) is 0 Å². The molecule has 0 aliphatic heterocycles. The summed E-state index contributed by atoms with van der Waals surface area (Å²) in [6.07, 6.45) is 0. The van der Waals surface area contributed by atoms with Crippen molar-refractivity contribution in [2.75, 3.05) is 20.3 Å².